The van der Waals surface area contributed by atoms with Gasteiger partial charge in [0.25, 0.3) is 0 Å². The highest BCUT2D eigenvalue weighted by Crippen LogP contribution is 2.18. The fourth-order valence-electron chi connectivity index (χ4n) is 2.24. The van der Waals surface area contributed by atoms with Gasteiger partial charge in [-0.2, -0.15) is 5.26 Å². The summed E-state index contributed by atoms with van der Waals surface area (Å²) in [6.45, 7) is 2.03. The molecule has 0 unspecified atom stereocenters. The van der Waals surface area contributed by atoms with Crippen molar-refractivity contribution >= 4 is 22.7 Å². The number of nitriles is 1. The van der Waals surface area contributed by atoms with Crippen LogP contribution in [0.3, 0.4) is 0 Å². The molecule has 0 saturated carbocycles. The molecule has 0 aliphatic carbocycles. The number of allylic oxidation sites excluding steroid dienone is 3. The Hall–Kier alpha value is -3.12. The SMILES string of the molecule is Cc1ccc2nc(/C(C#N)=C\C=C\c3ccccc3)[nH]c2c1. The predicted octanol–water partition coefficient (Wildman–Crippen LogP) is 4.49. The number of nitrogens with zero attached hydrogens (tertiary/aromatic N) is 2. The highest BCUT2D eigenvalue weighted by Gasteiger charge is 2.06. The quantitative estimate of drug-likeness (QED) is 0.569. The third kappa shape index (κ3) is 2.97. The monoisotopic (exact) mass is 285 g/mol. The van der Waals surface area contributed by atoms with Crippen molar-refractivity contribution in [3.63, 3.8) is 0 Å². The largest absolute Gasteiger partial charge is 0.337 e. The van der Waals surface area contributed by atoms with E-state index in [9.17, 15) is 5.26 Å². The van der Waals surface area contributed by atoms with Gasteiger partial charge in [0.1, 0.15) is 11.9 Å². The van der Waals surface area contributed by atoms with E-state index >= 15 is 0 Å². The van der Waals surface area contributed by atoms with Crippen LogP contribution in [-0.4, -0.2) is 9.97 Å². The average Bonchev–Trinajstić information content (AvgIpc) is 2.95. The molecule has 2 aromatic carbocycles. The lowest BCUT2D eigenvalue weighted by Crippen LogP contribution is -1.83. The topological polar surface area (TPSA) is 52.5 Å². The minimum Gasteiger partial charge on any atom is -0.337 e. The second-order valence-corrected chi connectivity index (χ2v) is 5.07. The van der Waals surface area contributed by atoms with Crippen LogP contribution < -0.4 is 0 Å². The van der Waals surface area contributed by atoms with Gasteiger partial charge in [0, 0.05) is 0 Å². The molecule has 0 fully saturated rings. The highest BCUT2D eigenvalue weighted by atomic mass is 14.9. The first-order valence-electron chi connectivity index (χ1n) is 7.06. The zero-order chi connectivity index (χ0) is 15.4. The molecule has 0 bridgehead atoms. The molecule has 0 amide bonds. The van der Waals surface area contributed by atoms with Crippen LogP contribution in [0, 0.1) is 18.3 Å². The summed E-state index contributed by atoms with van der Waals surface area (Å²) in [5, 5.41) is 9.34. The molecule has 0 radical (unpaired) electrons. The van der Waals surface area contributed by atoms with Crippen LogP contribution in [0.25, 0.3) is 22.7 Å². The molecule has 3 nitrogen and oxygen atoms in total. The van der Waals surface area contributed by atoms with E-state index in [1.165, 1.54) is 0 Å². The number of hydrogen-bond acceptors (Lipinski definition) is 2. The van der Waals surface area contributed by atoms with Crippen LogP contribution >= 0.6 is 0 Å². The number of aryl methyl sites for hydroxylation is 1. The van der Waals surface area contributed by atoms with Crippen LogP contribution in [0.4, 0.5) is 0 Å². The van der Waals surface area contributed by atoms with Crippen LogP contribution in [0.1, 0.15) is 17.0 Å². The molecule has 0 spiro atoms. The normalized spacial score (nSPS) is 11.9. The Labute approximate surface area is 129 Å². The van der Waals surface area contributed by atoms with Crippen LogP contribution in [0.5, 0.6) is 0 Å². The summed E-state index contributed by atoms with van der Waals surface area (Å²) in [6, 6.07) is 18.2. The van der Waals surface area contributed by atoms with Crippen molar-refractivity contribution in [3.05, 3.63) is 77.6 Å². The van der Waals surface area contributed by atoms with Gasteiger partial charge in [0.2, 0.25) is 0 Å². The second-order valence-electron chi connectivity index (χ2n) is 5.07. The molecule has 0 atom stereocenters. The van der Waals surface area contributed by atoms with Crippen molar-refractivity contribution in [2.45, 2.75) is 6.92 Å². The van der Waals surface area contributed by atoms with E-state index in [2.05, 4.69) is 16.0 Å². The van der Waals surface area contributed by atoms with E-state index in [-0.39, 0.29) is 0 Å². The first kappa shape index (κ1) is 13.8. The van der Waals surface area contributed by atoms with Crippen LogP contribution in [0.2, 0.25) is 0 Å². The molecular formula is C19H15N3. The predicted molar refractivity (Wildman–Crippen MR) is 89.9 cm³/mol. The van der Waals surface area contributed by atoms with Gasteiger partial charge in [-0.05, 0) is 36.3 Å². The summed E-state index contributed by atoms with van der Waals surface area (Å²) >= 11 is 0. The summed E-state index contributed by atoms with van der Waals surface area (Å²) in [5.74, 6) is 0.598. The molecule has 0 saturated heterocycles. The van der Waals surface area contributed by atoms with Crippen molar-refractivity contribution in [3.8, 4) is 6.07 Å². The zero-order valence-electron chi connectivity index (χ0n) is 12.2. The maximum absolute atomic E-state index is 9.34. The standard InChI is InChI=1S/C19H15N3/c1-14-10-11-17-18(12-14)22-19(21-17)16(13-20)9-5-8-15-6-3-2-4-7-15/h2-12H,1H3,(H,21,22)/b8-5+,16-9-. The van der Waals surface area contributed by atoms with E-state index in [0.717, 1.165) is 22.2 Å². The van der Waals surface area contributed by atoms with Gasteiger partial charge in [0.05, 0.1) is 16.6 Å². The van der Waals surface area contributed by atoms with Gasteiger partial charge in [-0.25, -0.2) is 4.98 Å². The molecule has 22 heavy (non-hydrogen) atoms. The molecule has 3 aromatic rings. The number of rotatable bonds is 3. The Morgan fingerprint density at radius 1 is 1.18 bits per heavy atom. The Morgan fingerprint density at radius 2 is 2.00 bits per heavy atom. The lowest BCUT2D eigenvalue weighted by molar-refractivity contribution is 1.27. The number of aromatic amines is 1. The first-order chi connectivity index (χ1) is 10.8. The summed E-state index contributed by atoms with van der Waals surface area (Å²) in [7, 11) is 0. The number of H-pyrrole nitrogens is 1. The lowest BCUT2D eigenvalue weighted by Gasteiger charge is -1.91. The number of nitrogens with one attached hydrogen (secondary N) is 1. The molecule has 1 heterocycles. The minimum absolute atomic E-state index is 0.515. The molecule has 1 N–H and O–H groups in total. The molecule has 0 aliphatic rings. The lowest BCUT2D eigenvalue weighted by atomic mass is 10.2. The fourth-order valence-corrected chi connectivity index (χ4v) is 2.24. The third-order valence-corrected chi connectivity index (χ3v) is 3.36. The van der Waals surface area contributed by atoms with E-state index in [0.29, 0.717) is 11.4 Å². The van der Waals surface area contributed by atoms with Crippen molar-refractivity contribution in [1.29, 1.82) is 5.26 Å². The maximum atomic E-state index is 9.34. The second kappa shape index (κ2) is 6.11. The van der Waals surface area contributed by atoms with E-state index in [1.54, 1.807) is 6.08 Å². The minimum atomic E-state index is 0.515. The van der Waals surface area contributed by atoms with Gasteiger partial charge in [-0.1, -0.05) is 48.6 Å². The molecule has 1 aromatic heterocycles. The molecule has 3 rings (SSSR count). The molecule has 0 aliphatic heterocycles. The van der Waals surface area contributed by atoms with Gasteiger partial charge in [-0.15, -0.1) is 0 Å². The third-order valence-electron chi connectivity index (χ3n) is 3.36. The number of imidazole rings is 1. The molecule has 3 heteroatoms. The summed E-state index contributed by atoms with van der Waals surface area (Å²) in [5.41, 5.74) is 4.59. The smallest absolute Gasteiger partial charge is 0.149 e. The molecule has 106 valence electrons. The van der Waals surface area contributed by atoms with Crippen molar-refractivity contribution in [2.24, 2.45) is 0 Å². The number of benzene rings is 2. The number of fused-ring (bicyclic) bond motifs is 1. The maximum Gasteiger partial charge on any atom is 0.149 e. The first-order valence-corrected chi connectivity index (χ1v) is 7.06. The number of aromatic nitrogens is 2. The van der Waals surface area contributed by atoms with Crippen LogP contribution in [0.15, 0.2) is 60.7 Å². The summed E-state index contributed by atoms with van der Waals surface area (Å²) < 4.78 is 0. The van der Waals surface area contributed by atoms with Gasteiger partial charge < -0.3 is 4.98 Å². The van der Waals surface area contributed by atoms with Gasteiger partial charge in [-0.3, -0.25) is 0 Å². The van der Waals surface area contributed by atoms with Crippen molar-refractivity contribution < 1.29 is 0 Å². The summed E-state index contributed by atoms with van der Waals surface area (Å²) in [6.07, 6.45) is 5.61. The zero-order valence-corrected chi connectivity index (χ0v) is 12.2. The summed E-state index contributed by atoms with van der Waals surface area (Å²) in [4.78, 5) is 7.67. The van der Waals surface area contributed by atoms with Crippen LogP contribution in [-0.2, 0) is 0 Å². The van der Waals surface area contributed by atoms with Gasteiger partial charge >= 0.3 is 0 Å². The van der Waals surface area contributed by atoms with E-state index < -0.39 is 0 Å². The van der Waals surface area contributed by atoms with Crippen molar-refractivity contribution in [1.82, 2.24) is 9.97 Å². The van der Waals surface area contributed by atoms with E-state index in [1.807, 2.05) is 67.6 Å². The Balaban J connectivity index is 1.91. The number of hydrogen-bond donors (Lipinski definition) is 1. The Kier molecular flexibility index (Phi) is 3.84. The van der Waals surface area contributed by atoms with Gasteiger partial charge in [0.15, 0.2) is 0 Å². The fraction of sp³-hybridized carbons (Fsp3) is 0.0526. The van der Waals surface area contributed by atoms with Crippen molar-refractivity contribution in [2.75, 3.05) is 0 Å². The molecular weight excluding hydrogens is 270 g/mol. The Morgan fingerprint density at radius 3 is 2.77 bits per heavy atom. The highest BCUT2D eigenvalue weighted by molar-refractivity contribution is 5.83. The Bertz CT molecular complexity index is 893. The average molecular weight is 285 g/mol. The van der Waals surface area contributed by atoms with E-state index in [4.69, 9.17) is 0 Å².